The number of carbonyl (C=O) groups excluding carboxylic acids is 1. The van der Waals surface area contributed by atoms with Crippen molar-refractivity contribution in [1.29, 1.82) is 0 Å². The number of nitrogens with zero attached hydrogens (tertiary/aromatic N) is 2. The average Bonchev–Trinajstić information content (AvgIpc) is 2.73. The first-order valence-corrected chi connectivity index (χ1v) is 10.6. The quantitative estimate of drug-likeness (QED) is 0.504. The van der Waals surface area contributed by atoms with Crippen LogP contribution in [0.2, 0.25) is 0 Å². The number of amides is 1. The van der Waals surface area contributed by atoms with E-state index >= 15 is 0 Å². The summed E-state index contributed by atoms with van der Waals surface area (Å²) in [5.41, 5.74) is 0.711. The third-order valence-corrected chi connectivity index (χ3v) is 4.96. The van der Waals surface area contributed by atoms with Crippen molar-refractivity contribution in [2.45, 2.75) is 32.2 Å². The summed E-state index contributed by atoms with van der Waals surface area (Å²) in [5, 5.41) is 12.2. The number of carboxylic acids is 1. The van der Waals surface area contributed by atoms with E-state index in [1.54, 1.807) is 0 Å². The lowest BCUT2D eigenvalue weighted by molar-refractivity contribution is -0.143. The maximum Gasteiger partial charge on any atom is 0.320 e. The molecule has 0 aliphatic rings. The summed E-state index contributed by atoms with van der Waals surface area (Å²) in [7, 11) is 3.73. The van der Waals surface area contributed by atoms with E-state index in [0.717, 1.165) is 18.6 Å². The first kappa shape index (κ1) is 24.4. The smallest absolute Gasteiger partial charge is 0.320 e. The Kier molecular flexibility index (Phi) is 10.00. The molecule has 1 amide bonds. The minimum absolute atomic E-state index is 0.0954. The molecule has 2 N–H and O–H groups in total. The number of rotatable bonds is 13. The monoisotopic (exact) mass is 427 g/mol. The Balaban J connectivity index is 1.72. The number of aliphatic carboxylic acids is 1. The van der Waals surface area contributed by atoms with Crippen LogP contribution < -0.4 is 10.1 Å². The highest BCUT2D eigenvalue weighted by Gasteiger charge is 2.21. The average molecular weight is 428 g/mol. The molecule has 1 unspecified atom stereocenters. The lowest BCUT2D eigenvalue weighted by Crippen LogP contribution is -2.40. The van der Waals surface area contributed by atoms with Gasteiger partial charge in [0.2, 0.25) is 5.91 Å². The molecule has 2 rings (SSSR count). The van der Waals surface area contributed by atoms with E-state index in [1.807, 2.05) is 85.4 Å². The summed E-state index contributed by atoms with van der Waals surface area (Å²) in [5.74, 6) is 0.586. The van der Waals surface area contributed by atoms with Gasteiger partial charge in [0.1, 0.15) is 17.5 Å². The highest BCUT2D eigenvalue weighted by molar-refractivity contribution is 5.92. The Morgan fingerprint density at radius 1 is 1.00 bits per heavy atom. The second kappa shape index (κ2) is 12.7. The molecule has 7 nitrogen and oxygen atoms in total. The van der Waals surface area contributed by atoms with Crippen LogP contribution in [0.3, 0.4) is 0 Å². The van der Waals surface area contributed by atoms with Crippen molar-refractivity contribution in [3.63, 3.8) is 0 Å². The van der Waals surface area contributed by atoms with Gasteiger partial charge in [-0.2, -0.15) is 0 Å². The van der Waals surface area contributed by atoms with E-state index < -0.39 is 12.0 Å². The second-order valence-corrected chi connectivity index (χ2v) is 7.70. The zero-order valence-electron chi connectivity index (χ0n) is 18.6. The molecular weight excluding hydrogens is 394 g/mol. The van der Waals surface area contributed by atoms with Gasteiger partial charge in [-0.25, -0.2) is 0 Å². The molecule has 31 heavy (non-hydrogen) atoms. The molecule has 7 heteroatoms. The fourth-order valence-corrected chi connectivity index (χ4v) is 3.31. The minimum atomic E-state index is -0.780. The van der Waals surface area contributed by atoms with E-state index in [0.29, 0.717) is 30.9 Å². The van der Waals surface area contributed by atoms with Crippen LogP contribution >= 0.6 is 0 Å². The van der Waals surface area contributed by atoms with Crippen molar-refractivity contribution < 1.29 is 19.4 Å². The number of benzene rings is 2. The van der Waals surface area contributed by atoms with E-state index in [2.05, 4.69) is 5.32 Å². The number of hydrogen-bond donors (Lipinski definition) is 2. The maximum atomic E-state index is 12.3. The SMILES string of the molecule is CCCC(C(=O)O)N(C)CCCN(C)CC(=O)Nc1ccc(Oc2ccccc2)cc1. The van der Waals surface area contributed by atoms with Crippen molar-refractivity contribution >= 4 is 17.6 Å². The fraction of sp³-hybridized carbons (Fsp3) is 0.417. The number of nitrogens with one attached hydrogen (secondary N) is 1. The van der Waals surface area contributed by atoms with Gasteiger partial charge in [0.05, 0.1) is 6.54 Å². The van der Waals surface area contributed by atoms with Gasteiger partial charge in [-0.1, -0.05) is 31.5 Å². The zero-order valence-corrected chi connectivity index (χ0v) is 18.6. The summed E-state index contributed by atoms with van der Waals surface area (Å²) < 4.78 is 5.75. The van der Waals surface area contributed by atoms with Crippen molar-refractivity contribution in [2.75, 3.05) is 39.0 Å². The fourth-order valence-electron chi connectivity index (χ4n) is 3.31. The highest BCUT2D eigenvalue weighted by Crippen LogP contribution is 2.22. The Morgan fingerprint density at radius 3 is 2.26 bits per heavy atom. The molecule has 0 bridgehead atoms. The van der Waals surface area contributed by atoms with Gasteiger partial charge in [-0.05, 0) is 76.4 Å². The summed E-state index contributed by atoms with van der Waals surface area (Å²) in [6.45, 7) is 3.63. The Hall–Kier alpha value is -2.90. The third kappa shape index (κ3) is 8.78. The lowest BCUT2D eigenvalue weighted by atomic mass is 10.1. The van der Waals surface area contributed by atoms with Crippen LogP contribution in [0, 0.1) is 0 Å². The molecule has 0 saturated carbocycles. The molecule has 168 valence electrons. The zero-order chi connectivity index (χ0) is 22.6. The van der Waals surface area contributed by atoms with Gasteiger partial charge in [-0.3, -0.25) is 19.4 Å². The molecular formula is C24H33N3O4. The van der Waals surface area contributed by atoms with Crippen LogP contribution in [0.15, 0.2) is 54.6 Å². The van der Waals surface area contributed by atoms with Crippen LogP contribution in [-0.4, -0.2) is 66.6 Å². The van der Waals surface area contributed by atoms with Gasteiger partial charge >= 0.3 is 5.97 Å². The molecule has 0 heterocycles. The van der Waals surface area contributed by atoms with E-state index in [4.69, 9.17) is 4.74 Å². The van der Waals surface area contributed by atoms with Crippen LogP contribution in [0.5, 0.6) is 11.5 Å². The van der Waals surface area contributed by atoms with Crippen molar-refractivity contribution in [3.8, 4) is 11.5 Å². The minimum Gasteiger partial charge on any atom is -0.480 e. The van der Waals surface area contributed by atoms with Gasteiger partial charge in [-0.15, -0.1) is 0 Å². The summed E-state index contributed by atoms with van der Waals surface area (Å²) in [4.78, 5) is 27.5. The highest BCUT2D eigenvalue weighted by atomic mass is 16.5. The number of carbonyl (C=O) groups is 2. The number of likely N-dealkylation sites (N-methyl/N-ethyl adjacent to an activating group) is 2. The Morgan fingerprint density at radius 2 is 1.65 bits per heavy atom. The van der Waals surface area contributed by atoms with Crippen molar-refractivity contribution in [1.82, 2.24) is 9.80 Å². The van der Waals surface area contributed by atoms with Crippen molar-refractivity contribution in [2.24, 2.45) is 0 Å². The normalized spacial score (nSPS) is 12.0. The van der Waals surface area contributed by atoms with Gasteiger partial charge < -0.3 is 15.2 Å². The van der Waals surface area contributed by atoms with E-state index in [-0.39, 0.29) is 12.5 Å². The second-order valence-electron chi connectivity index (χ2n) is 7.70. The number of para-hydroxylation sites is 1. The molecule has 0 aliphatic heterocycles. The number of anilines is 1. The first-order valence-electron chi connectivity index (χ1n) is 10.6. The Labute approximate surface area is 184 Å². The van der Waals surface area contributed by atoms with E-state index in [1.165, 1.54) is 0 Å². The number of hydrogen-bond acceptors (Lipinski definition) is 5. The number of carboxylic acid groups (broad SMARTS) is 1. The van der Waals surface area contributed by atoms with Gasteiger partial charge in [0.25, 0.3) is 0 Å². The first-order chi connectivity index (χ1) is 14.9. The summed E-state index contributed by atoms with van der Waals surface area (Å²) >= 11 is 0. The summed E-state index contributed by atoms with van der Waals surface area (Å²) in [6.07, 6.45) is 2.26. The standard InChI is InChI=1S/C24H33N3O4/c1-4-9-22(24(29)30)27(3)17-8-16-26(2)18-23(28)25-19-12-14-21(15-13-19)31-20-10-6-5-7-11-20/h5-7,10-15,22H,4,8-9,16-18H2,1-3H3,(H,25,28)(H,29,30). The molecule has 0 aliphatic carbocycles. The molecule has 0 saturated heterocycles. The van der Waals surface area contributed by atoms with Crippen molar-refractivity contribution in [3.05, 3.63) is 54.6 Å². The largest absolute Gasteiger partial charge is 0.480 e. The predicted octanol–water partition coefficient (Wildman–Crippen LogP) is 3.92. The van der Waals surface area contributed by atoms with Gasteiger partial charge in [0.15, 0.2) is 0 Å². The molecule has 0 aromatic heterocycles. The predicted molar refractivity (Wildman–Crippen MR) is 123 cm³/mol. The summed E-state index contributed by atoms with van der Waals surface area (Å²) in [6, 6.07) is 16.3. The molecule has 1 atom stereocenters. The van der Waals surface area contributed by atoms with Crippen LogP contribution in [0.25, 0.3) is 0 Å². The lowest BCUT2D eigenvalue weighted by Gasteiger charge is -2.25. The number of ether oxygens (including phenoxy) is 1. The van der Waals surface area contributed by atoms with Crippen LogP contribution in [-0.2, 0) is 9.59 Å². The molecule has 0 fully saturated rings. The van der Waals surface area contributed by atoms with Gasteiger partial charge in [0, 0.05) is 5.69 Å². The van der Waals surface area contributed by atoms with Crippen LogP contribution in [0.4, 0.5) is 5.69 Å². The van der Waals surface area contributed by atoms with E-state index in [9.17, 15) is 14.7 Å². The topological polar surface area (TPSA) is 82.1 Å². The molecule has 2 aromatic rings. The third-order valence-electron chi connectivity index (χ3n) is 4.96. The molecule has 0 radical (unpaired) electrons. The Bertz CT molecular complexity index is 811. The molecule has 2 aromatic carbocycles. The van der Waals surface area contributed by atoms with Crippen LogP contribution in [0.1, 0.15) is 26.2 Å². The maximum absolute atomic E-state index is 12.3. The molecule has 0 spiro atoms.